The number of rotatable bonds is 41. The quantitative estimate of drug-likeness (QED) is 0.0492. The van der Waals surface area contributed by atoms with Crippen molar-refractivity contribution in [3.63, 3.8) is 0 Å². The summed E-state index contributed by atoms with van der Waals surface area (Å²) in [4.78, 5) is 25.0. The van der Waals surface area contributed by atoms with Gasteiger partial charge in [-0.25, -0.2) is 0 Å². The van der Waals surface area contributed by atoms with Gasteiger partial charge >= 0.3 is 11.9 Å². The van der Waals surface area contributed by atoms with Crippen molar-refractivity contribution < 1.29 is 23.8 Å². The molecule has 1 heterocycles. The summed E-state index contributed by atoms with van der Waals surface area (Å²) < 4.78 is 17.1. The highest BCUT2D eigenvalue weighted by atomic mass is 16.5. The molecule has 2 rings (SSSR count). The van der Waals surface area contributed by atoms with Gasteiger partial charge in [0, 0.05) is 30.3 Å². The van der Waals surface area contributed by atoms with Crippen LogP contribution in [0.2, 0.25) is 0 Å². The zero-order chi connectivity index (χ0) is 39.5. The van der Waals surface area contributed by atoms with E-state index < -0.39 is 0 Å². The van der Waals surface area contributed by atoms with Crippen molar-refractivity contribution in [3.8, 4) is 0 Å². The maximum absolute atomic E-state index is 12.8. The van der Waals surface area contributed by atoms with Gasteiger partial charge in [-0.15, -0.1) is 0 Å². The molecule has 55 heavy (non-hydrogen) atoms. The molecule has 1 spiro atoms. The zero-order valence-corrected chi connectivity index (χ0v) is 37.1. The molecule has 0 aromatic heterocycles. The Kier molecular flexibility index (Phi) is 31.7. The van der Waals surface area contributed by atoms with E-state index in [1.165, 1.54) is 180 Å². The molecule has 1 unspecified atom stereocenters. The largest absolute Gasteiger partial charge is 0.466 e. The van der Waals surface area contributed by atoms with Crippen molar-refractivity contribution in [1.82, 2.24) is 5.32 Å². The number of hydrogen-bond acceptors (Lipinski definition) is 6. The molecule has 6 nitrogen and oxygen atoms in total. The Morgan fingerprint density at radius 3 is 1.38 bits per heavy atom. The average molecular weight is 776 g/mol. The van der Waals surface area contributed by atoms with Gasteiger partial charge in [0.15, 0.2) is 0 Å². The Bertz CT molecular complexity index is 867. The third-order valence-electron chi connectivity index (χ3n) is 12.6. The summed E-state index contributed by atoms with van der Waals surface area (Å²) in [5.74, 6) is 0.0386. The van der Waals surface area contributed by atoms with E-state index in [1.807, 2.05) is 0 Å². The van der Waals surface area contributed by atoms with Crippen LogP contribution in [0.25, 0.3) is 0 Å². The molecule has 0 radical (unpaired) electrons. The third-order valence-corrected chi connectivity index (χ3v) is 12.6. The van der Waals surface area contributed by atoms with E-state index >= 15 is 0 Å². The van der Waals surface area contributed by atoms with Crippen LogP contribution in [0.4, 0.5) is 0 Å². The van der Waals surface area contributed by atoms with Crippen molar-refractivity contribution in [3.05, 3.63) is 0 Å². The molecule has 1 N–H and O–H groups in total. The van der Waals surface area contributed by atoms with E-state index in [4.69, 9.17) is 14.2 Å². The van der Waals surface area contributed by atoms with Gasteiger partial charge in [-0.05, 0) is 70.6 Å². The maximum atomic E-state index is 12.8. The van der Waals surface area contributed by atoms with E-state index in [1.54, 1.807) is 0 Å². The van der Waals surface area contributed by atoms with Crippen molar-refractivity contribution in [2.24, 2.45) is 5.41 Å². The molecule has 0 aromatic carbocycles. The number of hydrogen-bond donors (Lipinski definition) is 1. The van der Waals surface area contributed by atoms with Gasteiger partial charge in [-0.1, -0.05) is 175 Å². The summed E-state index contributed by atoms with van der Waals surface area (Å²) >= 11 is 0. The lowest BCUT2D eigenvalue weighted by molar-refractivity contribution is -0.168. The van der Waals surface area contributed by atoms with Gasteiger partial charge in [-0.2, -0.15) is 0 Å². The maximum Gasteiger partial charge on any atom is 0.306 e. The first-order chi connectivity index (χ1) is 27.0. The molecule has 1 aliphatic heterocycles. The average Bonchev–Trinajstić information content (AvgIpc) is 3.14. The lowest BCUT2D eigenvalue weighted by atomic mass is 9.64. The van der Waals surface area contributed by atoms with Crippen molar-refractivity contribution in [2.75, 3.05) is 19.8 Å². The van der Waals surface area contributed by atoms with E-state index in [9.17, 15) is 9.59 Å². The predicted octanol–water partition coefficient (Wildman–Crippen LogP) is 14.3. The highest BCUT2D eigenvalue weighted by Crippen LogP contribution is 2.47. The molecule has 2 fully saturated rings. The number of nitrogens with one attached hydrogen (secondary N) is 1. The SMILES string of the molecule is CCCCCCCCCOC(=O)CCCCCCCC(CCCCCCCC(=O)OC(CCCCCCCC)CCCCCCCC)NC1CC2(COC2)C1. The molecule has 1 atom stereocenters. The molecule has 0 amide bonds. The monoisotopic (exact) mass is 776 g/mol. The third kappa shape index (κ3) is 27.2. The van der Waals surface area contributed by atoms with Crippen LogP contribution < -0.4 is 5.32 Å². The van der Waals surface area contributed by atoms with Crippen LogP contribution in [-0.2, 0) is 23.8 Å². The second kappa shape index (κ2) is 34.9. The van der Waals surface area contributed by atoms with Crippen molar-refractivity contribution in [1.29, 1.82) is 0 Å². The van der Waals surface area contributed by atoms with Crippen LogP contribution in [0.1, 0.15) is 258 Å². The topological polar surface area (TPSA) is 73.9 Å². The number of carbonyl (C=O) groups is 2. The Hall–Kier alpha value is -1.14. The van der Waals surface area contributed by atoms with Crippen LogP contribution in [0.3, 0.4) is 0 Å². The number of esters is 2. The lowest BCUT2D eigenvalue weighted by Gasteiger charge is -2.54. The molecular formula is C49H93NO5. The van der Waals surface area contributed by atoms with Crippen molar-refractivity contribution >= 4 is 11.9 Å². The Labute approximate surface area is 341 Å². The van der Waals surface area contributed by atoms with Crippen LogP contribution in [0.5, 0.6) is 0 Å². The van der Waals surface area contributed by atoms with Crippen LogP contribution >= 0.6 is 0 Å². The molecule has 6 heteroatoms. The Morgan fingerprint density at radius 1 is 0.527 bits per heavy atom. The number of carbonyl (C=O) groups excluding carboxylic acids is 2. The fourth-order valence-corrected chi connectivity index (χ4v) is 8.88. The summed E-state index contributed by atoms with van der Waals surface area (Å²) in [6.45, 7) is 9.33. The number of ether oxygens (including phenoxy) is 3. The second-order valence-corrected chi connectivity index (χ2v) is 18.1. The smallest absolute Gasteiger partial charge is 0.306 e. The summed E-state index contributed by atoms with van der Waals surface area (Å²) in [5, 5.41) is 4.05. The summed E-state index contributed by atoms with van der Waals surface area (Å²) in [5.41, 5.74) is 0.501. The molecule has 324 valence electrons. The minimum absolute atomic E-state index is 0.00319. The molecule has 1 aliphatic carbocycles. The number of unbranched alkanes of at least 4 members (excludes halogenated alkanes) is 24. The molecule has 1 saturated heterocycles. The van der Waals surface area contributed by atoms with Gasteiger partial charge < -0.3 is 19.5 Å². The highest BCUT2D eigenvalue weighted by Gasteiger charge is 2.49. The minimum Gasteiger partial charge on any atom is -0.466 e. The van der Waals surface area contributed by atoms with Crippen LogP contribution in [0, 0.1) is 5.41 Å². The first-order valence-electron chi connectivity index (χ1n) is 24.7. The highest BCUT2D eigenvalue weighted by molar-refractivity contribution is 5.69. The first-order valence-corrected chi connectivity index (χ1v) is 24.7. The fraction of sp³-hybridized carbons (Fsp3) is 0.959. The van der Waals surface area contributed by atoms with Crippen molar-refractivity contribution in [2.45, 2.75) is 277 Å². The van der Waals surface area contributed by atoms with Gasteiger partial charge in [-0.3, -0.25) is 9.59 Å². The predicted molar refractivity (Wildman–Crippen MR) is 233 cm³/mol. The second-order valence-electron chi connectivity index (χ2n) is 18.1. The van der Waals surface area contributed by atoms with Gasteiger partial charge in [0.05, 0.1) is 19.8 Å². The van der Waals surface area contributed by atoms with E-state index in [0.29, 0.717) is 36.9 Å². The van der Waals surface area contributed by atoms with Gasteiger partial charge in [0.25, 0.3) is 0 Å². The van der Waals surface area contributed by atoms with Gasteiger partial charge in [0.2, 0.25) is 0 Å². The van der Waals surface area contributed by atoms with Gasteiger partial charge in [0.1, 0.15) is 6.10 Å². The normalized spacial score (nSPS) is 15.6. The summed E-state index contributed by atoms with van der Waals surface area (Å²) in [6, 6.07) is 1.27. The standard InChI is InChI=1S/C49H93NO5/c1-4-7-10-13-16-25-32-39-54-47(51)37-30-23-17-19-26-33-44(50-45-40-49(41-45)42-53-43-49)34-27-20-18-24-31-38-48(52)55-46(35-28-21-14-11-8-5-2)36-29-22-15-12-9-6-3/h44-46,50H,4-43H2,1-3H3. The summed E-state index contributed by atoms with van der Waals surface area (Å²) in [7, 11) is 0. The molecule has 0 aromatic rings. The van der Waals surface area contributed by atoms with Crippen LogP contribution in [-0.4, -0.2) is 49.9 Å². The van der Waals surface area contributed by atoms with E-state index in [0.717, 1.165) is 58.2 Å². The summed E-state index contributed by atoms with van der Waals surface area (Å²) in [6.07, 6.45) is 44.4. The van der Waals surface area contributed by atoms with E-state index in [2.05, 4.69) is 26.1 Å². The molecule has 1 saturated carbocycles. The molecule has 0 bridgehead atoms. The Morgan fingerprint density at radius 2 is 0.927 bits per heavy atom. The Balaban J connectivity index is 1.55. The minimum atomic E-state index is -0.00319. The lowest BCUT2D eigenvalue weighted by Crippen LogP contribution is -2.60. The van der Waals surface area contributed by atoms with E-state index in [-0.39, 0.29) is 18.0 Å². The van der Waals surface area contributed by atoms with Crippen LogP contribution in [0.15, 0.2) is 0 Å². The molecular weight excluding hydrogens is 683 g/mol. The molecule has 2 aliphatic rings. The zero-order valence-electron chi connectivity index (χ0n) is 37.1. The fourth-order valence-electron chi connectivity index (χ4n) is 8.88. The first kappa shape index (κ1) is 50.0.